The third kappa shape index (κ3) is 3.68. The molecule has 0 saturated carbocycles. The second kappa shape index (κ2) is 6.75. The molecule has 0 bridgehead atoms. The Balaban J connectivity index is 1.79. The molecule has 2 fully saturated rings. The van der Waals surface area contributed by atoms with Gasteiger partial charge >= 0.3 is 0 Å². The number of nitrogens with one attached hydrogen (secondary N) is 1. The molecule has 2 heterocycles. The molecule has 1 aromatic carbocycles. The Kier molecular flexibility index (Phi) is 4.82. The molecule has 1 N–H and O–H groups in total. The van der Waals surface area contributed by atoms with Crippen LogP contribution in [0.1, 0.15) is 38.8 Å². The summed E-state index contributed by atoms with van der Waals surface area (Å²) in [5, 5.41) is 3.28. The van der Waals surface area contributed by atoms with Crippen molar-refractivity contribution < 1.29 is 14.0 Å². The third-order valence-electron chi connectivity index (χ3n) is 5.04. The number of hydrogen-bond acceptors (Lipinski definition) is 3. The van der Waals surface area contributed by atoms with Crippen LogP contribution in [-0.2, 0) is 9.59 Å². The van der Waals surface area contributed by atoms with Crippen molar-refractivity contribution in [1.82, 2.24) is 15.1 Å². The molecule has 0 aromatic heterocycles. The average molecular weight is 347 g/mol. The fraction of sp³-hybridized carbons (Fsp3) is 0.579. The molecule has 2 aliphatic rings. The number of carbonyl (C=O) groups excluding carboxylic acids is 2. The van der Waals surface area contributed by atoms with Crippen molar-refractivity contribution in [2.24, 2.45) is 5.92 Å². The van der Waals surface area contributed by atoms with Crippen molar-refractivity contribution in [3.05, 3.63) is 35.6 Å². The monoisotopic (exact) mass is 347 g/mol. The predicted molar refractivity (Wildman–Crippen MR) is 93.3 cm³/mol. The van der Waals surface area contributed by atoms with Crippen LogP contribution in [0.25, 0.3) is 0 Å². The molecular weight excluding hydrogens is 321 g/mol. The Hall–Kier alpha value is -1.95. The van der Waals surface area contributed by atoms with Crippen LogP contribution in [0, 0.1) is 11.7 Å². The number of halogens is 1. The van der Waals surface area contributed by atoms with Crippen LogP contribution < -0.4 is 5.32 Å². The van der Waals surface area contributed by atoms with E-state index < -0.39 is 0 Å². The van der Waals surface area contributed by atoms with Gasteiger partial charge in [0.15, 0.2) is 0 Å². The highest BCUT2D eigenvalue weighted by Gasteiger charge is 2.42. The van der Waals surface area contributed by atoms with E-state index in [4.69, 9.17) is 0 Å². The van der Waals surface area contributed by atoms with Gasteiger partial charge in [0.1, 0.15) is 5.82 Å². The highest BCUT2D eigenvalue weighted by atomic mass is 19.1. The van der Waals surface area contributed by atoms with E-state index in [1.54, 1.807) is 11.0 Å². The van der Waals surface area contributed by atoms with Crippen LogP contribution in [0.5, 0.6) is 0 Å². The number of amides is 2. The van der Waals surface area contributed by atoms with Gasteiger partial charge in [0, 0.05) is 38.1 Å². The summed E-state index contributed by atoms with van der Waals surface area (Å²) in [6.07, 6.45) is 0.260. The molecule has 2 aliphatic heterocycles. The smallest absolute Gasteiger partial charge is 0.228 e. The summed E-state index contributed by atoms with van der Waals surface area (Å²) in [7, 11) is 0. The summed E-state index contributed by atoms with van der Waals surface area (Å²) in [6, 6.07) is 6.21. The van der Waals surface area contributed by atoms with Crippen molar-refractivity contribution in [2.75, 3.05) is 26.2 Å². The molecule has 0 radical (unpaired) electrons. The second-order valence-electron chi connectivity index (χ2n) is 7.88. The third-order valence-corrected chi connectivity index (χ3v) is 5.04. The molecule has 2 atom stereocenters. The predicted octanol–water partition coefficient (Wildman–Crippen LogP) is 1.95. The number of likely N-dealkylation sites (tertiary alicyclic amines) is 1. The van der Waals surface area contributed by atoms with Gasteiger partial charge in [-0.2, -0.15) is 0 Å². The van der Waals surface area contributed by atoms with Crippen LogP contribution in [0.4, 0.5) is 4.39 Å². The molecule has 3 rings (SSSR count). The molecule has 2 saturated heterocycles. The Morgan fingerprint density at radius 1 is 1.32 bits per heavy atom. The first-order valence-corrected chi connectivity index (χ1v) is 8.84. The number of nitrogens with zero attached hydrogens (tertiary/aromatic N) is 2. The summed E-state index contributed by atoms with van der Waals surface area (Å²) in [5.74, 6) is -0.592. The highest BCUT2D eigenvalue weighted by molar-refractivity contribution is 5.90. The lowest BCUT2D eigenvalue weighted by atomic mass is 9.99. The molecule has 136 valence electrons. The maximum atomic E-state index is 13.6. The van der Waals surface area contributed by atoms with E-state index >= 15 is 0 Å². The van der Waals surface area contributed by atoms with Gasteiger partial charge in [-0.25, -0.2) is 4.39 Å². The van der Waals surface area contributed by atoms with Crippen LogP contribution in [0.2, 0.25) is 0 Å². The summed E-state index contributed by atoms with van der Waals surface area (Å²) >= 11 is 0. The summed E-state index contributed by atoms with van der Waals surface area (Å²) in [5.41, 5.74) is 0.509. The molecular formula is C19H26FN3O2. The lowest BCUT2D eigenvalue weighted by molar-refractivity contribution is -0.139. The van der Waals surface area contributed by atoms with Gasteiger partial charge in [-0.05, 0) is 38.5 Å². The van der Waals surface area contributed by atoms with Gasteiger partial charge in [0.05, 0.1) is 12.0 Å². The largest absolute Gasteiger partial charge is 0.337 e. The maximum absolute atomic E-state index is 13.6. The van der Waals surface area contributed by atoms with E-state index in [9.17, 15) is 14.0 Å². The Bertz CT molecular complexity index is 671. The first-order valence-electron chi connectivity index (χ1n) is 8.84. The molecule has 25 heavy (non-hydrogen) atoms. The fourth-order valence-electron chi connectivity index (χ4n) is 3.74. The lowest BCUT2D eigenvalue weighted by Gasteiger charge is -2.38. The quantitative estimate of drug-likeness (QED) is 0.890. The van der Waals surface area contributed by atoms with Crippen LogP contribution in [0.15, 0.2) is 24.3 Å². The molecule has 1 aromatic rings. The van der Waals surface area contributed by atoms with Crippen molar-refractivity contribution in [2.45, 2.75) is 38.8 Å². The average Bonchev–Trinajstić information content (AvgIpc) is 2.96. The number of benzene rings is 1. The zero-order valence-electron chi connectivity index (χ0n) is 15.1. The SMILES string of the molecule is CC(C)(C)N1CC(C(=O)N2CCNCC2c2cccc(F)c2)CC1=O. The number of hydrogen-bond donors (Lipinski definition) is 1. The first kappa shape index (κ1) is 17.9. The summed E-state index contributed by atoms with van der Waals surface area (Å²) in [6.45, 7) is 8.29. The second-order valence-corrected chi connectivity index (χ2v) is 7.88. The van der Waals surface area contributed by atoms with Gasteiger partial charge < -0.3 is 15.1 Å². The number of piperazine rings is 1. The minimum absolute atomic E-state index is 0.00383. The number of carbonyl (C=O) groups is 2. The van der Waals surface area contributed by atoms with Crippen LogP contribution in [0.3, 0.4) is 0 Å². The van der Waals surface area contributed by atoms with E-state index in [2.05, 4.69) is 5.32 Å². The van der Waals surface area contributed by atoms with E-state index in [1.807, 2.05) is 31.7 Å². The summed E-state index contributed by atoms with van der Waals surface area (Å²) < 4.78 is 13.6. The molecule has 0 aliphatic carbocycles. The maximum Gasteiger partial charge on any atom is 0.228 e. The normalized spacial score (nSPS) is 24.7. The number of rotatable bonds is 2. The Morgan fingerprint density at radius 3 is 2.72 bits per heavy atom. The zero-order chi connectivity index (χ0) is 18.2. The minimum atomic E-state index is -0.319. The molecule has 5 nitrogen and oxygen atoms in total. The van der Waals surface area contributed by atoms with Crippen molar-refractivity contribution >= 4 is 11.8 Å². The van der Waals surface area contributed by atoms with E-state index in [1.165, 1.54) is 12.1 Å². The van der Waals surface area contributed by atoms with Crippen LogP contribution in [-0.4, -0.2) is 53.3 Å². The lowest BCUT2D eigenvalue weighted by Crippen LogP contribution is -2.51. The van der Waals surface area contributed by atoms with E-state index in [-0.39, 0.29) is 41.6 Å². The minimum Gasteiger partial charge on any atom is -0.337 e. The van der Waals surface area contributed by atoms with Gasteiger partial charge in [-0.1, -0.05) is 12.1 Å². The summed E-state index contributed by atoms with van der Waals surface area (Å²) in [4.78, 5) is 29.0. The first-order chi connectivity index (χ1) is 11.8. The fourth-order valence-corrected chi connectivity index (χ4v) is 3.74. The van der Waals surface area contributed by atoms with E-state index in [0.29, 0.717) is 26.2 Å². The van der Waals surface area contributed by atoms with Gasteiger partial charge in [-0.15, -0.1) is 0 Å². The van der Waals surface area contributed by atoms with Gasteiger partial charge in [-0.3, -0.25) is 9.59 Å². The highest BCUT2D eigenvalue weighted by Crippen LogP contribution is 2.30. The Labute approximate surface area is 148 Å². The van der Waals surface area contributed by atoms with Crippen molar-refractivity contribution in [3.63, 3.8) is 0 Å². The molecule has 2 amide bonds. The van der Waals surface area contributed by atoms with Crippen LogP contribution >= 0.6 is 0 Å². The van der Waals surface area contributed by atoms with Crippen molar-refractivity contribution in [1.29, 1.82) is 0 Å². The van der Waals surface area contributed by atoms with E-state index in [0.717, 1.165) is 5.56 Å². The Morgan fingerprint density at radius 2 is 2.08 bits per heavy atom. The zero-order valence-corrected chi connectivity index (χ0v) is 15.1. The molecule has 6 heteroatoms. The van der Waals surface area contributed by atoms with Gasteiger partial charge in [0.2, 0.25) is 11.8 Å². The molecule has 0 spiro atoms. The van der Waals surface area contributed by atoms with Crippen molar-refractivity contribution in [3.8, 4) is 0 Å². The standard InChI is InChI=1S/C19H26FN3O2/c1-19(2,3)23-12-14(10-17(23)24)18(25)22-8-7-21-11-16(22)13-5-4-6-15(20)9-13/h4-6,9,14,16,21H,7-8,10-12H2,1-3H3. The molecule has 2 unspecified atom stereocenters. The van der Waals surface area contributed by atoms with Gasteiger partial charge in [0.25, 0.3) is 0 Å². The topological polar surface area (TPSA) is 52.7 Å².